The molecule has 2 N–H and O–H groups in total. The Balaban J connectivity index is 2.57. The van der Waals surface area contributed by atoms with Gasteiger partial charge in [0, 0.05) is 19.6 Å². The van der Waals surface area contributed by atoms with Crippen LogP contribution in [0.2, 0.25) is 0 Å². The van der Waals surface area contributed by atoms with E-state index in [1.54, 1.807) is 0 Å². The molecule has 0 aliphatic heterocycles. The summed E-state index contributed by atoms with van der Waals surface area (Å²) in [6, 6.07) is 9.71. The van der Waals surface area contributed by atoms with Crippen LogP contribution in [-0.4, -0.2) is 13.7 Å². The molecular weight excluding hydrogens is 284 g/mol. The first-order valence-electron chi connectivity index (χ1n) is 7.24. The van der Waals surface area contributed by atoms with E-state index in [1.165, 1.54) is 25.3 Å². The average molecular weight is 305 g/mol. The highest BCUT2D eigenvalue weighted by Gasteiger charge is 2.30. The topological polar surface area (TPSA) is 35.2 Å². The minimum absolute atomic E-state index is 0.0666. The van der Waals surface area contributed by atoms with Crippen molar-refractivity contribution in [3.8, 4) is 0 Å². The molecule has 0 amide bonds. The third kappa shape index (κ3) is 3.03. The zero-order valence-electron chi connectivity index (χ0n) is 13.1. The van der Waals surface area contributed by atoms with E-state index in [2.05, 4.69) is 0 Å². The normalized spacial score (nSPS) is 13.9. The van der Waals surface area contributed by atoms with Gasteiger partial charge in [0.05, 0.1) is 11.7 Å². The molecule has 2 rings (SSSR count). The van der Waals surface area contributed by atoms with E-state index in [-0.39, 0.29) is 18.0 Å². The second kappa shape index (κ2) is 6.99. The number of rotatable bonds is 5. The Kier molecular flexibility index (Phi) is 5.27. The highest BCUT2D eigenvalue weighted by atomic mass is 19.1. The van der Waals surface area contributed by atoms with Gasteiger partial charge in [0.1, 0.15) is 11.6 Å². The first-order chi connectivity index (χ1) is 10.5. The van der Waals surface area contributed by atoms with Gasteiger partial charge in [-0.2, -0.15) is 0 Å². The predicted molar refractivity (Wildman–Crippen MR) is 83.8 cm³/mol. The van der Waals surface area contributed by atoms with E-state index in [1.807, 2.05) is 32.0 Å². The van der Waals surface area contributed by atoms with Crippen molar-refractivity contribution in [3.05, 3.63) is 70.3 Å². The number of aryl methyl sites for hydroxylation is 2. The lowest BCUT2D eigenvalue weighted by Gasteiger charge is -2.28. The summed E-state index contributed by atoms with van der Waals surface area (Å²) in [7, 11) is 1.45. The summed E-state index contributed by atoms with van der Waals surface area (Å²) in [5, 5.41) is 0. The van der Waals surface area contributed by atoms with Gasteiger partial charge < -0.3 is 10.5 Å². The van der Waals surface area contributed by atoms with Gasteiger partial charge in [-0.05, 0) is 42.7 Å². The molecule has 4 heteroatoms. The molecular formula is C18H21F2NO. The molecule has 0 aromatic heterocycles. The van der Waals surface area contributed by atoms with Crippen molar-refractivity contribution in [2.24, 2.45) is 5.73 Å². The summed E-state index contributed by atoms with van der Waals surface area (Å²) in [6.45, 7) is 4.17. The van der Waals surface area contributed by atoms with E-state index in [4.69, 9.17) is 10.5 Å². The van der Waals surface area contributed by atoms with E-state index in [0.717, 1.165) is 16.7 Å². The van der Waals surface area contributed by atoms with E-state index < -0.39 is 17.7 Å². The highest BCUT2D eigenvalue weighted by Crippen LogP contribution is 2.38. The summed E-state index contributed by atoms with van der Waals surface area (Å²) in [5.41, 5.74) is 8.92. The zero-order chi connectivity index (χ0) is 16.3. The van der Waals surface area contributed by atoms with E-state index >= 15 is 0 Å². The van der Waals surface area contributed by atoms with Crippen molar-refractivity contribution in [2.75, 3.05) is 13.7 Å². The van der Waals surface area contributed by atoms with Gasteiger partial charge in [0.25, 0.3) is 0 Å². The summed E-state index contributed by atoms with van der Waals surface area (Å²) >= 11 is 0. The Bertz CT molecular complexity index is 560. The molecule has 0 aliphatic carbocycles. The Morgan fingerprint density at radius 2 is 1.45 bits per heavy atom. The Morgan fingerprint density at radius 3 is 1.91 bits per heavy atom. The van der Waals surface area contributed by atoms with Crippen LogP contribution in [0.25, 0.3) is 0 Å². The Hall–Kier alpha value is -1.78. The number of benzene rings is 2. The van der Waals surface area contributed by atoms with Gasteiger partial charge >= 0.3 is 0 Å². The first-order valence-corrected chi connectivity index (χ1v) is 7.24. The SMILES string of the molecule is COC(c1c(F)cccc1F)C(CN)c1c(C)cccc1C. The van der Waals surface area contributed by atoms with Crippen LogP contribution >= 0.6 is 0 Å². The molecule has 0 saturated carbocycles. The molecule has 0 aliphatic rings. The van der Waals surface area contributed by atoms with Crippen molar-refractivity contribution in [2.45, 2.75) is 25.9 Å². The zero-order valence-corrected chi connectivity index (χ0v) is 13.1. The lowest BCUT2D eigenvalue weighted by atomic mass is 9.84. The molecule has 2 aromatic rings. The molecule has 0 spiro atoms. The van der Waals surface area contributed by atoms with Gasteiger partial charge in [-0.1, -0.05) is 24.3 Å². The number of nitrogens with two attached hydrogens (primary N) is 1. The van der Waals surface area contributed by atoms with Crippen LogP contribution < -0.4 is 5.73 Å². The maximum atomic E-state index is 14.1. The molecule has 2 aromatic carbocycles. The van der Waals surface area contributed by atoms with E-state index in [0.29, 0.717) is 0 Å². The fourth-order valence-electron chi connectivity index (χ4n) is 3.07. The fraction of sp³-hybridized carbons (Fsp3) is 0.333. The van der Waals surface area contributed by atoms with Crippen LogP contribution in [0, 0.1) is 25.5 Å². The number of ether oxygens (including phenoxy) is 1. The van der Waals surface area contributed by atoms with Crippen molar-refractivity contribution in [3.63, 3.8) is 0 Å². The summed E-state index contributed by atoms with van der Waals surface area (Å²) in [5.74, 6) is -1.55. The number of halogens is 2. The Labute approximate surface area is 129 Å². The fourth-order valence-corrected chi connectivity index (χ4v) is 3.07. The highest BCUT2D eigenvalue weighted by molar-refractivity contribution is 5.39. The van der Waals surface area contributed by atoms with Crippen LogP contribution in [0.15, 0.2) is 36.4 Å². The van der Waals surface area contributed by atoms with Crippen LogP contribution in [0.1, 0.15) is 34.3 Å². The van der Waals surface area contributed by atoms with Gasteiger partial charge in [-0.15, -0.1) is 0 Å². The predicted octanol–water partition coefficient (Wildman–Crippen LogP) is 4.01. The molecule has 0 radical (unpaired) electrons. The van der Waals surface area contributed by atoms with Crippen LogP contribution in [0.3, 0.4) is 0 Å². The minimum Gasteiger partial charge on any atom is -0.376 e. The van der Waals surface area contributed by atoms with Crippen molar-refractivity contribution < 1.29 is 13.5 Å². The number of hydrogen-bond donors (Lipinski definition) is 1. The molecule has 0 fully saturated rings. The monoisotopic (exact) mass is 305 g/mol. The number of hydrogen-bond acceptors (Lipinski definition) is 2. The minimum atomic E-state index is -0.772. The molecule has 2 unspecified atom stereocenters. The van der Waals surface area contributed by atoms with Gasteiger partial charge in [-0.25, -0.2) is 8.78 Å². The molecule has 2 nitrogen and oxygen atoms in total. The summed E-state index contributed by atoms with van der Waals surface area (Å²) < 4.78 is 33.7. The second-order valence-electron chi connectivity index (χ2n) is 5.44. The van der Waals surface area contributed by atoms with Gasteiger partial charge in [0.15, 0.2) is 0 Å². The first kappa shape index (κ1) is 16.6. The maximum absolute atomic E-state index is 14.1. The lowest BCUT2D eigenvalue weighted by Crippen LogP contribution is -2.24. The van der Waals surface area contributed by atoms with Crippen LogP contribution in [0.4, 0.5) is 8.78 Å². The van der Waals surface area contributed by atoms with Crippen LogP contribution in [0.5, 0.6) is 0 Å². The standard InChI is InChI=1S/C18H21F2NO/c1-11-6-4-7-12(2)16(11)13(10-21)18(22-3)17-14(19)8-5-9-15(17)20/h4-9,13,18H,10,21H2,1-3H3. The Morgan fingerprint density at radius 1 is 0.955 bits per heavy atom. The molecule has 2 atom stereocenters. The molecule has 0 heterocycles. The summed E-state index contributed by atoms with van der Waals surface area (Å²) in [4.78, 5) is 0. The average Bonchev–Trinajstić information content (AvgIpc) is 2.48. The third-order valence-electron chi connectivity index (χ3n) is 4.07. The molecule has 22 heavy (non-hydrogen) atoms. The van der Waals surface area contributed by atoms with E-state index in [9.17, 15) is 8.78 Å². The maximum Gasteiger partial charge on any atom is 0.131 e. The molecule has 0 bridgehead atoms. The van der Waals surface area contributed by atoms with Crippen LogP contribution in [-0.2, 0) is 4.74 Å². The van der Waals surface area contributed by atoms with Crippen molar-refractivity contribution >= 4 is 0 Å². The van der Waals surface area contributed by atoms with Gasteiger partial charge in [0.2, 0.25) is 0 Å². The summed E-state index contributed by atoms with van der Waals surface area (Å²) in [6.07, 6.45) is -0.772. The molecule has 0 saturated heterocycles. The van der Waals surface area contributed by atoms with Crippen molar-refractivity contribution in [1.82, 2.24) is 0 Å². The smallest absolute Gasteiger partial charge is 0.131 e. The lowest BCUT2D eigenvalue weighted by molar-refractivity contribution is 0.0741. The quantitative estimate of drug-likeness (QED) is 0.906. The largest absolute Gasteiger partial charge is 0.376 e. The number of methoxy groups -OCH3 is 1. The van der Waals surface area contributed by atoms with Gasteiger partial charge in [-0.3, -0.25) is 0 Å². The van der Waals surface area contributed by atoms with Crippen molar-refractivity contribution in [1.29, 1.82) is 0 Å². The molecule has 118 valence electrons. The second-order valence-corrected chi connectivity index (χ2v) is 5.44. The third-order valence-corrected chi connectivity index (χ3v) is 4.07.